The van der Waals surface area contributed by atoms with E-state index in [2.05, 4.69) is 12.2 Å². The first-order valence-corrected chi connectivity index (χ1v) is 10.7. The van der Waals surface area contributed by atoms with Crippen LogP contribution in [0.25, 0.3) is 0 Å². The minimum atomic E-state index is -0.209. The fraction of sp³-hybridized carbons (Fsp3) is 0.280. The molecule has 0 aliphatic carbocycles. The van der Waals surface area contributed by atoms with Crippen molar-refractivity contribution in [2.45, 2.75) is 32.6 Å². The summed E-state index contributed by atoms with van der Waals surface area (Å²) >= 11 is 0. The first kappa shape index (κ1) is 20.7. The van der Waals surface area contributed by atoms with Gasteiger partial charge in [-0.15, -0.1) is 0 Å². The number of fused-ring (bicyclic) bond motifs is 1. The average Bonchev–Trinajstić information content (AvgIpc) is 3.34. The maximum Gasteiger partial charge on any atom is 0.293 e. The highest BCUT2D eigenvalue weighted by Crippen LogP contribution is 2.31. The van der Waals surface area contributed by atoms with Crippen LogP contribution in [0.2, 0.25) is 0 Å². The molecule has 0 saturated carbocycles. The summed E-state index contributed by atoms with van der Waals surface area (Å²) in [5.74, 6) is 0.683. The normalized spacial score (nSPS) is 12.9. The van der Waals surface area contributed by atoms with E-state index in [0.717, 1.165) is 42.7 Å². The molecule has 3 aromatic rings. The van der Waals surface area contributed by atoms with E-state index in [1.54, 1.807) is 41.3 Å². The van der Waals surface area contributed by atoms with E-state index in [1.807, 2.05) is 18.2 Å². The molecule has 0 saturated heterocycles. The molecule has 6 nitrogen and oxygen atoms in total. The molecule has 2 aromatic carbocycles. The minimum absolute atomic E-state index is 0.173. The number of aryl methyl sites for hydroxylation is 1. The number of rotatable bonds is 7. The van der Waals surface area contributed by atoms with Crippen LogP contribution in [0.3, 0.4) is 0 Å². The van der Waals surface area contributed by atoms with Gasteiger partial charge in [0.05, 0.1) is 12.9 Å². The topological polar surface area (TPSA) is 71.8 Å². The molecule has 1 aromatic heterocycles. The van der Waals surface area contributed by atoms with Gasteiger partial charge in [-0.1, -0.05) is 19.4 Å². The third-order valence-corrected chi connectivity index (χ3v) is 5.32. The summed E-state index contributed by atoms with van der Waals surface area (Å²) in [4.78, 5) is 27.3. The molecule has 1 aliphatic heterocycles. The zero-order valence-corrected chi connectivity index (χ0v) is 17.6. The maximum atomic E-state index is 12.8. The van der Waals surface area contributed by atoms with Gasteiger partial charge >= 0.3 is 0 Å². The first-order valence-electron chi connectivity index (χ1n) is 10.7. The summed E-state index contributed by atoms with van der Waals surface area (Å²) in [6.07, 6.45) is 5.35. The van der Waals surface area contributed by atoms with Crippen molar-refractivity contribution in [2.24, 2.45) is 0 Å². The lowest BCUT2D eigenvalue weighted by Crippen LogP contribution is -2.35. The Balaban J connectivity index is 1.48. The molecular formula is C25H26N2O4. The highest BCUT2D eigenvalue weighted by molar-refractivity contribution is 6.07. The highest BCUT2D eigenvalue weighted by Gasteiger charge is 2.25. The van der Waals surface area contributed by atoms with Gasteiger partial charge < -0.3 is 19.4 Å². The number of hydrogen-bond donors (Lipinski definition) is 1. The van der Waals surface area contributed by atoms with Crippen molar-refractivity contribution in [1.82, 2.24) is 0 Å². The fourth-order valence-electron chi connectivity index (χ4n) is 3.64. The number of nitrogens with one attached hydrogen (secondary N) is 1. The number of furan rings is 1. The number of carbonyl (C=O) groups excluding carboxylic acids is 2. The van der Waals surface area contributed by atoms with Crippen molar-refractivity contribution in [3.8, 4) is 5.75 Å². The van der Waals surface area contributed by atoms with Crippen LogP contribution in [0.1, 0.15) is 52.7 Å². The summed E-state index contributed by atoms with van der Waals surface area (Å²) in [5, 5.41) is 2.93. The lowest BCUT2D eigenvalue weighted by atomic mass is 10.0. The Kier molecular flexibility index (Phi) is 6.36. The molecule has 160 valence electrons. The van der Waals surface area contributed by atoms with Gasteiger partial charge in [-0.25, -0.2) is 0 Å². The minimum Gasteiger partial charge on any atom is -0.494 e. The van der Waals surface area contributed by atoms with E-state index in [1.165, 1.54) is 6.26 Å². The molecular weight excluding hydrogens is 392 g/mol. The summed E-state index contributed by atoms with van der Waals surface area (Å²) in [7, 11) is 0. The SMILES string of the molecule is CCCCOc1ccc(C(=O)Nc2ccc3c(c2)N(C(=O)c2ccco2)CCC3)cc1. The molecule has 31 heavy (non-hydrogen) atoms. The van der Waals surface area contributed by atoms with Gasteiger partial charge in [0.25, 0.3) is 11.8 Å². The third-order valence-electron chi connectivity index (χ3n) is 5.32. The van der Waals surface area contributed by atoms with Crippen LogP contribution in [0.4, 0.5) is 11.4 Å². The summed E-state index contributed by atoms with van der Waals surface area (Å²) in [6.45, 7) is 3.40. The fourth-order valence-corrected chi connectivity index (χ4v) is 3.64. The van der Waals surface area contributed by atoms with Gasteiger partial charge in [0, 0.05) is 23.5 Å². The number of hydrogen-bond acceptors (Lipinski definition) is 4. The van der Waals surface area contributed by atoms with E-state index in [-0.39, 0.29) is 11.8 Å². The molecule has 1 N–H and O–H groups in total. The predicted octanol–water partition coefficient (Wildman–Crippen LogP) is 5.30. The molecule has 0 bridgehead atoms. The van der Waals surface area contributed by atoms with Gasteiger partial charge in [0.1, 0.15) is 5.75 Å². The van der Waals surface area contributed by atoms with Crippen molar-refractivity contribution in [1.29, 1.82) is 0 Å². The van der Waals surface area contributed by atoms with Crippen molar-refractivity contribution in [3.05, 3.63) is 77.7 Å². The molecule has 0 unspecified atom stereocenters. The van der Waals surface area contributed by atoms with Crippen LogP contribution in [0.5, 0.6) is 5.75 Å². The zero-order chi connectivity index (χ0) is 21.6. The molecule has 6 heteroatoms. The van der Waals surface area contributed by atoms with E-state index in [0.29, 0.717) is 30.2 Å². The molecule has 0 radical (unpaired) electrons. The van der Waals surface area contributed by atoms with Crippen LogP contribution < -0.4 is 15.0 Å². The molecule has 4 rings (SSSR count). The predicted molar refractivity (Wildman–Crippen MR) is 120 cm³/mol. The van der Waals surface area contributed by atoms with Gasteiger partial charge in [0.2, 0.25) is 0 Å². The number of unbranched alkanes of at least 4 members (excludes halogenated alkanes) is 1. The van der Waals surface area contributed by atoms with Gasteiger partial charge in [-0.05, 0) is 73.4 Å². The summed E-state index contributed by atoms with van der Waals surface area (Å²) < 4.78 is 10.9. The smallest absolute Gasteiger partial charge is 0.293 e. The largest absolute Gasteiger partial charge is 0.494 e. The Bertz CT molecular complexity index is 1040. The Morgan fingerprint density at radius 1 is 1.13 bits per heavy atom. The second-order valence-corrected chi connectivity index (χ2v) is 7.56. The number of anilines is 2. The quantitative estimate of drug-likeness (QED) is 0.528. The Hall–Kier alpha value is -3.54. The van der Waals surface area contributed by atoms with E-state index >= 15 is 0 Å². The van der Waals surface area contributed by atoms with Crippen LogP contribution in [0.15, 0.2) is 65.3 Å². The first-order chi connectivity index (χ1) is 15.2. The average molecular weight is 418 g/mol. The van der Waals surface area contributed by atoms with Gasteiger partial charge in [-0.2, -0.15) is 0 Å². The molecule has 2 heterocycles. The summed E-state index contributed by atoms with van der Waals surface area (Å²) in [6, 6.07) is 16.2. The van der Waals surface area contributed by atoms with Crippen LogP contribution >= 0.6 is 0 Å². The van der Waals surface area contributed by atoms with Crippen molar-refractivity contribution in [3.63, 3.8) is 0 Å². The third kappa shape index (κ3) is 4.79. The van der Waals surface area contributed by atoms with E-state index in [4.69, 9.17) is 9.15 Å². The Labute approximate surface area is 181 Å². The van der Waals surface area contributed by atoms with Gasteiger partial charge in [0.15, 0.2) is 5.76 Å². The molecule has 0 spiro atoms. The number of carbonyl (C=O) groups is 2. The van der Waals surface area contributed by atoms with Crippen LogP contribution in [-0.4, -0.2) is 25.0 Å². The molecule has 0 atom stereocenters. The Morgan fingerprint density at radius 3 is 2.71 bits per heavy atom. The Morgan fingerprint density at radius 2 is 1.97 bits per heavy atom. The van der Waals surface area contributed by atoms with E-state index < -0.39 is 0 Å². The lowest BCUT2D eigenvalue weighted by Gasteiger charge is -2.29. The number of amides is 2. The van der Waals surface area contributed by atoms with Crippen molar-refractivity contribution in [2.75, 3.05) is 23.4 Å². The number of benzene rings is 2. The maximum absolute atomic E-state index is 12.8. The second kappa shape index (κ2) is 9.51. The highest BCUT2D eigenvalue weighted by atomic mass is 16.5. The zero-order valence-electron chi connectivity index (χ0n) is 17.6. The molecule has 1 aliphatic rings. The lowest BCUT2D eigenvalue weighted by molar-refractivity contribution is 0.0958. The van der Waals surface area contributed by atoms with Gasteiger partial charge in [-0.3, -0.25) is 9.59 Å². The number of nitrogens with zero attached hydrogens (tertiary/aromatic N) is 1. The molecule has 0 fully saturated rings. The second-order valence-electron chi connectivity index (χ2n) is 7.56. The van der Waals surface area contributed by atoms with Crippen LogP contribution in [0, 0.1) is 0 Å². The van der Waals surface area contributed by atoms with Crippen molar-refractivity contribution >= 4 is 23.2 Å². The van der Waals surface area contributed by atoms with Crippen LogP contribution in [-0.2, 0) is 6.42 Å². The standard InChI is InChI=1S/C25H26N2O4/c1-2-3-15-30-21-12-9-19(10-13-21)24(28)26-20-11-8-18-6-4-14-27(22(18)17-20)25(29)23-7-5-16-31-23/h5,7-13,16-17H,2-4,6,14-15H2,1H3,(H,26,28). The monoisotopic (exact) mass is 418 g/mol. The molecule has 2 amide bonds. The van der Waals surface area contributed by atoms with E-state index in [9.17, 15) is 9.59 Å². The van der Waals surface area contributed by atoms with Crippen molar-refractivity contribution < 1.29 is 18.7 Å². The number of ether oxygens (including phenoxy) is 1. The summed E-state index contributed by atoms with van der Waals surface area (Å²) in [5.41, 5.74) is 3.08.